The quantitative estimate of drug-likeness (QED) is 0.701. The molecule has 0 aliphatic heterocycles. The molecule has 0 atom stereocenters. The van der Waals surface area contributed by atoms with E-state index in [-0.39, 0.29) is 5.82 Å². The Morgan fingerprint density at radius 2 is 1.84 bits per heavy atom. The number of halogens is 1. The summed E-state index contributed by atoms with van der Waals surface area (Å²) < 4.78 is 14.9. The zero-order valence-electron chi connectivity index (χ0n) is 10.4. The second-order valence-corrected chi connectivity index (χ2v) is 4.39. The summed E-state index contributed by atoms with van der Waals surface area (Å²) in [5.41, 5.74) is 3.49. The largest absolute Gasteiger partial charge is 0.220 e. The minimum Gasteiger partial charge on any atom is -0.220 e. The number of nitrogens with zero attached hydrogens (tertiary/aromatic N) is 3. The van der Waals surface area contributed by atoms with Gasteiger partial charge in [-0.15, -0.1) is 5.10 Å². The van der Waals surface area contributed by atoms with Gasteiger partial charge in [-0.25, -0.2) is 9.07 Å². The predicted molar refractivity (Wildman–Crippen MR) is 71.5 cm³/mol. The first-order chi connectivity index (χ1) is 9.22. The molecule has 0 radical (unpaired) electrons. The van der Waals surface area contributed by atoms with E-state index in [4.69, 9.17) is 0 Å². The number of aromatic nitrogens is 3. The molecule has 0 unspecified atom stereocenters. The molecule has 3 nitrogen and oxygen atoms in total. The van der Waals surface area contributed by atoms with Crippen LogP contribution in [0.15, 0.2) is 54.7 Å². The summed E-state index contributed by atoms with van der Waals surface area (Å²) in [6.07, 6.45) is 1.79. The predicted octanol–water partition coefficient (Wildman–Crippen LogP) is 3.38. The number of rotatable bonds is 2. The lowest BCUT2D eigenvalue weighted by Gasteiger charge is -1.99. The minimum atomic E-state index is -0.276. The summed E-state index contributed by atoms with van der Waals surface area (Å²) in [5.74, 6) is -0.276. The van der Waals surface area contributed by atoms with E-state index in [9.17, 15) is 4.39 Å². The molecule has 3 rings (SSSR count). The Bertz CT molecular complexity index is 701. The Morgan fingerprint density at radius 3 is 2.58 bits per heavy atom. The first kappa shape index (κ1) is 11.6. The highest BCUT2D eigenvalue weighted by molar-refractivity contribution is 5.58. The third-order valence-corrected chi connectivity index (χ3v) is 2.91. The second-order valence-electron chi connectivity index (χ2n) is 4.39. The summed E-state index contributed by atoms with van der Waals surface area (Å²) in [6.45, 7) is 2.03. The second kappa shape index (κ2) is 4.65. The highest BCUT2D eigenvalue weighted by atomic mass is 19.1. The lowest BCUT2D eigenvalue weighted by molar-refractivity contribution is 0.628. The molecule has 2 aromatic carbocycles. The van der Waals surface area contributed by atoms with Gasteiger partial charge in [0.05, 0.1) is 11.9 Å². The molecule has 4 heteroatoms. The van der Waals surface area contributed by atoms with Crippen LogP contribution in [0.3, 0.4) is 0 Å². The van der Waals surface area contributed by atoms with Crippen molar-refractivity contribution >= 4 is 0 Å². The molecule has 0 amide bonds. The summed E-state index contributed by atoms with van der Waals surface area (Å²) in [6, 6.07) is 14.3. The molecule has 1 heterocycles. The highest BCUT2D eigenvalue weighted by Crippen LogP contribution is 2.18. The van der Waals surface area contributed by atoms with E-state index in [2.05, 4.69) is 10.3 Å². The Kier molecular flexibility index (Phi) is 2.83. The van der Waals surface area contributed by atoms with E-state index in [0.29, 0.717) is 5.69 Å². The van der Waals surface area contributed by atoms with E-state index in [0.717, 1.165) is 11.3 Å². The molecule has 1 aromatic heterocycles. The average Bonchev–Trinajstić information content (AvgIpc) is 2.89. The third-order valence-electron chi connectivity index (χ3n) is 2.91. The lowest BCUT2D eigenvalue weighted by atomic mass is 10.2. The van der Waals surface area contributed by atoms with E-state index in [1.165, 1.54) is 17.7 Å². The minimum absolute atomic E-state index is 0.276. The van der Waals surface area contributed by atoms with Crippen molar-refractivity contribution in [3.63, 3.8) is 0 Å². The third kappa shape index (κ3) is 2.38. The van der Waals surface area contributed by atoms with Crippen molar-refractivity contribution in [3.05, 3.63) is 66.1 Å². The maximum atomic E-state index is 13.2. The van der Waals surface area contributed by atoms with Crippen LogP contribution >= 0.6 is 0 Å². The molecule has 0 aliphatic carbocycles. The zero-order valence-corrected chi connectivity index (χ0v) is 10.4. The molecule has 0 fully saturated rings. The van der Waals surface area contributed by atoms with Crippen LogP contribution < -0.4 is 0 Å². The zero-order chi connectivity index (χ0) is 13.2. The molecule has 3 aromatic rings. The van der Waals surface area contributed by atoms with Gasteiger partial charge in [0.2, 0.25) is 0 Å². The molecular weight excluding hydrogens is 241 g/mol. The first-order valence-corrected chi connectivity index (χ1v) is 5.98. The SMILES string of the molecule is Cc1ccc(-n2cc(-c3cccc(F)c3)nn2)cc1. The van der Waals surface area contributed by atoms with E-state index in [1.807, 2.05) is 37.3 Å². The van der Waals surface area contributed by atoms with E-state index in [1.54, 1.807) is 16.9 Å². The van der Waals surface area contributed by atoms with Gasteiger partial charge in [0.1, 0.15) is 11.5 Å². The van der Waals surface area contributed by atoms with Crippen LogP contribution in [0.25, 0.3) is 16.9 Å². The molecule has 0 aliphatic rings. The van der Waals surface area contributed by atoms with Crippen molar-refractivity contribution in [1.82, 2.24) is 15.0 Å². The Morgan fingerprint density at radius 1 is 1.05 bits per heavy atom. The van der Waals surface area contributed by atoms with Crippen molar-refractivity contribution in [2.24, 2.45) is 0 Å². The van der Waals surface area contributed by atoms with Crippen LogP contribution in [-0.2, 0) is 0 Å². The van der Waals surface area contributed by atoms with Gasteiger partial charge in [-0.05, 0) is 31.2 Å². The van der Waals surface area contributed by atoms with Crippen LogP contribution in [0.2, 0.25) is 0 Å². The van der Waals surface area contributed by atoms with Gasteiger partial charge in [0, 0.05) is 5.56 Å². The highest BCUT2D eigenvalue weighted by Gasteiger charge is 2.05. The average molecular weight is 253 g/mol. The Balaban J connectivity index is 1.97. The van der Waals surface area contributed by atoms with Gasteiger partial charge >= 0.3 is 0 Å². The lowest BCUT2D eigenvalue weighted by Crippen LogP contribution is -1.94. The van der Waals surface area contributed by atoms with E-state index >= 15 is 0 Å². The normalized spacial score (nSPS) is 10.6. The fraction of sp³-hybridized carbons (Fsp3) is 0.0667. The van der Waals surface area contributed by atoms with Crippen molar-refractivity contribution in [2.75, 3.05) is 0 Å². The summed E-state index contributed by atoms with van der Waals surface area (Å²) in [5, 5.41) is 8.14. The summed E-state index contributed by atoms with van der Waals surface area (Å²) in [7, 11) is 0. The van der Waals surface area contributed by atoms with Crippen LogP contribution in [0.5, 0.6) is 0 Å². The molecule has 0 saturated carbocycles. The molecule has 0 bridgehead atoms. The Labute approximate surface area is 110 Å². The van der Waals surface area contributed by atoms with Crippen molar-refractivity contribution in [1.29, 1.82) is 0 Å². The van der Waals surface area contributed by atoms with Crippen LogP contribution in [-0.4, -0.2) is 15.0 Å². The first-order valence-electron chi connectivity index (χ1n) is 5.98. The standard InChI is InChI=1S/C15H12FN3/c1-11-5-7-14(8-6-11)19-10-15(17-18-19)12-3-2-4-13(16)9-12/h2-10H,1H3. The van der Waals surface area contributed by atoms with Crippen molar-refractivity contribution in [2.45, 2.75) is 6.92 Å². The summed E-state index contributed by atoms with van der Waals surface area (Å²) >= 11 is 0. The molecule has 0 N–H and O–H groups in total. The molecule has 19 heavy (non-hydrogen) atoms. The van der Waals surface area contributed by atoms with Gasteiger partial charge in [0.25, 0.3) is 0 Å². The van der Waals surface area contributed by atoms with Crippen LogP contribution in [0, 0.1) is 12.7 Å². The fourth-order valence-corrected chi connectivity index (χ4v) is 1.87. The van der Waals surface area contributed by atoms with Crippen molar-refractivity contribution < 1.29 is 4.39 Å². The fourth-order valence-electron chi connectivity index (χ4n) is 1.87. The smallest absolute Gasteiger partial charge is 0.123 e. The van der Waals surface area contributed by atoms with E-state index < -0.39 is 0 Å². The molecule has 94 valence electrons. The maximum Gasteiger partial charge on any atom is 0.123 e. The molecular formula is C15H12FN3. The van der Waals surface area contributed by atoms with Gasteiger partial charge in [-0.2, -0.15) is 0 Å². The molecule has 0 saturated heterocycles. The summed E-state index contributed by atoms with van der Waals surface area (Å²) in [4.78, 5) is 0. The van der Waals surface area contributed by atoms with Gasteiger partial charge in [0.15, 0.2) is 0 Å². The Hall–Kier alpha value is -2.49. The number of hydrogen-bond donors (Lipinski definition) is 0. The topological polar surface area (TPSA) is 30.7 Å². The number of benzene rings is 2. The van der Waals surface area contributed by atoms with Gasteiger partial charge in [-0.1, -0.05) is 35.0 Å². The molecule has 0 spiro atoms. The van der Waals surface area contributed by atoms with Crippen LogP contribution in [0.4, 0.5) is 4.39 Å². The number of aryl methyl sites for hydroxylation is 1. The number of hydrogen-bond acceptors (Lipinski definition) is 2. The van der Waals surface area contributed by atoms with Gasteiger partial charge < -0.3 is 0 Å². The van der Waals surface area contributed by atoms with Crippen molar-refractivity contribution in [3.8, 4) is 16.9 Å². The monoisotopic (exact) mass is 253 g/mol. The van der Waals surface area contributed by atoms with Crippen LogP contribution in [0.1, 0.15) is 5.56 Å². The maximum absolute atomic E-state index is 13.2. The van der Waals surface area contributed by atoms with Gasteiger partial charge in [-0.3, -0.25) is 0 Å².